The van der Waals surface area contributed by atoms with Gasteiger partial charge in [-0.2, -0.15) is 0 Å². The summed E-state index contributed by atoms with van der Waals surface area (Å²) < 4.78 is 10.6. The number of carboxylic acid groups (broad SMARTS) is 2. The van der Waals surface area contributed by atoms with E-state index in [4.69, 9.17) is 9.47 Å². The highest BCUT2D eigenvalue weighted by molar-refractivity contribution is 7.13. The topological polar surface area (TPSA) is 126 Å². The number of nitrogens with zero attached hydrogens (tertiary/aromatic N) is 2. The lowest BCUT2D eigenvalue weighted by molar-refractivity contribution is -0.145. The average molecular weight is 577 g/mol. The number of carbonyl (C=O) groups excluding carboxylic acids is 1. The summed E-state index contributed by atoms with van der Waals surface area (Å²) in [7, 11) is 2.97. The number of allylic oxidation sites excluding steroid dienone is 2. The number of carbonyl (C=O) groups is 3. The molecule has 3 aromatic rings. The van der Waals surface area contributed by atoms with Gasteiger partial charge in [-0.15, -0.1) is 11.3 Å². The second-order valence-corrected chi connectivity index (χ2v) is 10.9. The van der Waals surface area contributed by atoms with Crippen LogP contribution in [-0.4, -0.2) is 58.7 Å². The number of aromatic nitrogens is 1. The Balaban J connectivity index is 0.000000194. The molecule has 2 N–H and O–H groups in total. The summed E-state index contributed by atoms with van der Waals surface area (Å²) in [6, 6.07) is 13.5. The van der Waals surface area contributed by atoms with Crippen LogP contribution < -0.4 is 9.47 Å². The van der Waals surface area contributed by atoms with Crippen molar-refractivity contribution in [3.8, 4) is 22.1 Å². The van der Waals surface area contributed by atoms with Gasteiger partial charge in [0.2, 0.25) is 5.91 Å². The lowest BCUT2D eigenvalue weighted by Gasteiger charge is -2.27. The van der Waals surface area contributed by atoms with Crippen molar-refractivity contribution in [2.24, 2.45) is 5.41 Å². The van der Waals surface area contributed by atoms with E-state index >= 15 is 0 Å². The first-order valence-electron chi connectivity index (χ1n) is 13.0. The van der Waals surface area contributed by atoms with Crippen LogP contribution in [0.5, 0.6) is 11.5 Å². The molecule has 1 aliphatic heterocycles. The van der Waals surface area contributed by atoms with Crippen molar-refractivity contribution in [2.45, 2.75) is 32.7 Å². The van der Waals surface area contributed by atoms with Gasteiger partial charge in [0, 0.05) is 42.2 Å². The molecule has 0 saturated carbocycles. The number of hydrogen-bond acceptors (Lipinski definition) is 7. The van der Waals surface area contributed by atoms with E-state index in [1.54, 1.807) is 35.6 Å². The van der Waals surface area contributed by atoms with E-state index in [-0.39, 0.29) is 17.9 Å². The van der Waals surface area contributed by atoms with Crippen molar-refractivity contribution < 1.29 is 34.1 Å². The van der Waals surface area contributed by atoms with Crippen molar-refractivity contribution >= 4 is 34.8 Å². The predicted molar refractivity (Wildman–Crippen MR) is 156 cm³/mol. The Labute approximate surface area is 242 Å². The van der Waals surface area contributed by atoms with Gasteiger partial charge in [0.15, 0.2) is 0 Å². The van der Waals surface area contributed by atoms with Crippen molar-refractivity contribution in [1.29, 1.82) is 0 Å². The zero-order valence-corrected chi connectivity index (χ0v) is 23.9. The standard InChI is InChI=1S/C17H18O6.C14H14N2OS/c1-17(16(20)21)8-10(7-11(9-17)15(18)19)14-12(22-2)5-4-6-13(14)23-3;17-13-5-2-7-16(13)10-11-3-1-4-12(9-11)14-15-6-8-18-14/h4-8H,9H2,1-3H3,(H,18,19)(H,20,21);1,3-4,6,8-9H,2,5,7,10H2. The lowest BCUT2D eigenvalue weighted by atomic mass is 9.76. The molecule has 2 aromatic carbocycles. The van der Waals surface area contributed by atoms with Crippen molar-refractivity contribution in [2.75, 3.05) is 20.8 Å². The van der Waals surface area contributed by atoms with Crippen LogP contribution in [0.15, 0.2) is 71.8 Å². The molecule has 1 saturated heterocycles. The summed E-state index contributed by atoms with van der Waals surface area (Å²) >= 11 is 1.64. The molecular formula is C31H32N2O7S. The molecule has 1 unspecified atom stereocenters. The summed E-state index contributed by atoms with van der Waals surface area (Å²) in [5.41, 5.74) is 2.01. The molecule has 1 aromatic heterocycles. The highest BCUT2D eigenvalue weighted by Gasteiger charge is 2.37. The summed E-state index contributed by atoms with van der Waals surface area (Å²) in [6.07, 6.45) is 6.43. The van der Waals surface area contributed by atoms with Crippen LogP contribution in [-0.2, 0) is 20.9 Å². The Morgan fingerprint density at radius 3 is 2.37 bits per heavy atom. The molecule has 2 aliphatic rings. The number of rotatable bonds is 8. The fourth-order valence-electron chi connectivity index (χ4n) is 4.89. The van der Waals surface area contributed by atoms with Crippen molar-refractivity contribution in [3.63, 3.8) is 0 Å². The van der Waals surface area contributed by atoms with Crippen LogP contribution in [0.2, 0.25) is 0 Å². The third kappa shape index (κ3) is 6.83. The first-order valence-corrected chi connectivity index (χ1v) is 13.9. The quantitative estimate of drug-likeness (QED) is 0.359. The van der Waals surface area contributed by atoms with Crippen LogP contribution in [0.25, 0.3) is 16.1 Å². The maximum absolute atomic E-state index is 11.6. The minimum atomic E-state index is -1.32. The largest absolute Gasteiger partial charge is 0.496 e. The number of benzene rings is 2. The maximum Gasteiger partial charge on any atom is 0.331 e. The van der Waals surface area contributed by atoms with Gasteiger partial charge in [0.05, 0.1) is 25.2 Å². The zero-order chi connectivity index (χ0) is 29.6. The fraction of sp³-hybridized carbons (Fsp3) is 0.290. The monoisotopic (exact) mass is 576 g/mol. The summed E-state index contributed by atoms with van der Waals surface area (Å²) in [5.74, 6) is -1.00. The number of carboxylic acids is 2. The molecule has 9 nitrogen and oxygen atoms in total. The third-order valence-electron chi connectivity index (χ3n) is 6.99. The van der Waals surface area contributed by atoms with E-state index in [9.17, 15) is 24.6 Å². The number of likely N-dealkylation sites (tertiary alicyclic amines) is 1. The summed E-state index contributed by atoms with van der Waals surface area (Å²) in [5, 5.41) is 21.8. The molecule has 1 aliphatic carbocycles. The van der Waals surface area contributed by atoms with Gasteiger partial charge in [-0.1, -0.05) is 30.3 Å². The Morgan fingerprint density at radius 2 is 1.80 bits per heavy atom. The van der Waals surface area contributed by atoms with Gasteiger partial charge in [0.1, 0.15) is 16.5 Å². The molecule has 10 heteroatoms. The van der Waals surface area contributed by atoms with E-state index in [2.05, 4.69) is 23.2 Å². The van der Waals surface area contributed by atoms with Gasteiger partial charge in [-0.25, -0.2) is 9.78 Å². The van der Waals surface area contributed by atoms with Crippen LogP contribution in [0, 0.1) is 5.41 Å². The number of aliphatic carboxylic acids is 2. The smallest absolute Gasteiger partial charge is 0.331 e. The minimum absolute atomic E-state index is 0.0281. The molecule has 1 atom stereocenters. The van der Waals surface area contributed by atoms with E-state index < -0.39 is 17.4 Å². The van der Waals surface area contributed by atoms with Gasteiger partial charge in [-0.3, -0.25) is 9.59 Å². The maximum atomic E-state index is 11.6. The Morgan fingerprint density at radius 1 is 1.10 bits per heavy atom. The molecule has 0 spiro atoms. The number of amides is 1. The van der Waals surface area contributed by atoms with Gasteiger partial charge >= 0.3 is 11.9 Å². The summed E-state index contributed by atoms with van der Waals surface area (Å²) in [6.45, 7) is 3.10. The SMILES string of the molecule is COc1cccc(OC)c1C1=CC(C)(C(=O)O)CC(C(=O)O)=C1.O=C1CCCN1Cc1cccc(-c2nccs2)c1. The third-order valence-corrected chi connectivity index (χ3v) is 7.81. The molecular weight excluding hydrogens is 544 g/mol. The Bertz CT molecular complexity index is 1470. The fourth-order valence-corrected chi connectivity index (χ4v) is 5.52. The van der Waals surface area contributed by atoms with Crippen molar-refractivity contribution in [1.82, 2.24) is 9.88 Å². The molecule has 0 radical (unpaired) electrons. The van der Waals surface area contributed by atoms with Crippen LogP contribution >= 0.6 is 11.3 Å². The molecule has 1 amide bonds. The number of thiazole rings is 1. The second-order valence-electron chi connectivity index (χ2n) is 9.97. The predicted octanol–water partition coefficient (Wildman–Crippen LogP) is 5.53. The highest BCUT2D eigenvalue weighted by atomic mass is 32.1. The van der Waals surface area contributed by atoms with Gasteiger partial charge in [0.25, 0.3) is 0 Å². The summed E-state index contributed by atoms with van der Waals surface area (Å²) in [4.78, 5) is 40.9. The Kier molecular flexibility index (Phi) is 9.24. The molecule has 5 rings (SSSR count). The van der Waals surface area contributed by atoms with Crippen LogP contribution in [0.4, 0.5) is 0 Å². The molecule has 41 heavy (non-hydrogen) atoms. The molecule has 0 bridgehead atoms. The average Bonchev–Trinajstić information content (AvgIpc) is 3.65. The Hall–Kier alpha value is -4.44. The first-order chi connectivity index (χ1) is 19.6. The first kappa shape index (κ1) is 29.5. The van der Waals surface area contributed by atoms with E-state index in [1.165, 1.54) is 32.8 Å². The number of methoxy groups -OCH3 is 2. The molecule has 214 valence electrons. The van der Waals surface area contributed by atoms with E-state index in [0.717, 1.165) is 30.1 Å². The van der Waals surface area contributed by atoms with Crippen LogP contribution in [0.3, 0.4) is 0 Å². The number of hydrogen-bond donors (Lipinski definition) is 2. The van der Waals surface area contributed by atoms with E-state index in [0.29, 0.717) is 29.1 Å². The normalized spacial score (nSPS) is 18.1. The minimum Gasteiger partial charge on any atom is -0.496 e. The molecule has 2 heterocycles. The lowest BCUT2D eigenvalue weighted by Crippen LogP contribution is -2.29. The van der Waals surface area contributed by atoms with E-state index in [1.807, 2.05) is 22.5 Å². The number of ether oxygens (including phenoxy) is 2. The highest BCUT2D eigenvalue weighted by Crippen LogP contribution is 2.43. The van der Waals surface area contributed by atoms with Gasteiger partial charge in [-0.05, 0) is 55.2 Å². The van der Waals surface area contributed by atoms with Crippen molar-refractivity contribution in [3.05, 3.63) is 82.9 Å². The molecule has 1 fully saturated rings. The van der Waals surface area contributed by atoms with Crippen LogP contribution in [0.1, 0.15) is 37.3 Å². The second kappa shape index (κ2) is 12.8. The van der Waals surface area contributed by atoms with Gasteiger partial charge < -0.3 is 24.6 Å². The zero-order valence-electron chi connectivity index (χ0n) is 23.1.